The molecule has 0 spiro atoms. The van der Waals surface area contributed by atoms with Crippen molar-refractivity contribution in [3.63, 3.8) is 0 Å². The summed E-state index contributed by atoms with van der Waals surface area (Å²) in [5.41, 5.74) is 2.14. The molecule has 0 radical (unpaired) electrons. The highest BCUT2D eigenvalue weighted by molar-refractivity contribution is 8.18. The van der Waals surface area contributed by atoms with Crippen LogP contribution < -0.4 is 10.2 Å². The molecule has 1 atom stereocenters. The molecule has 23 heavy (non-hydrogen) atoms. The van der Waals surface area contributed by atoms with Crippen molar-refractivity contribution in [3.8, 4) is 0 Å². The second-order valence-corrected chi connectivity index (χ2v) is 6.86. The van der Waals surface area contributed by atoms with Gasteiger partial charge in [0, 0.05) is 26.4 Å². The molecule has 0 aromatic heterocycles. The zero-order chi connectivity index (χ0) is 16.2. The minimum atomic E-state index is -0.0854. The lowest BCUT2D eigenvalue weighted by Gasteiger charge is -2.11. The van der Waals surface area contributed by atoms with Gasteiger partial charge < -0.3 is 15.0 Å². The number of aliphatic imine (C=N–C) groups is 1. The van der Waals surface area contributed by atoms with Gasteiger partial charge in [-0.25, -0.2) is 0 Å². The van der Waals surface area contributed by atoms with E-state index in [1.807, 2.05) is 49.3 Å². The molecule has 2 heterocycles. The first-order valence-electron chi connectivity index (χ1n) is 7.76. The number of thioether (sulfide) groups is 1. The molecule has 3 rings (SSSR count). The van der Waals surface area contributed by atoms with Crippen LogP contribution in [0.25, 0.3) is 6.08 Å². The summed E-state index contributed by atoms with van der Waals surface area (Å²) in [7, 11) is 4.01. The molecular formula is C17H21N3O2S. The second kappa shape index (κ2) is 7.19. The largest absolute Gasteiger partial charge is 0.378 e. The Morgan fingerprint density at radius 3 is 2.83 bits per heavy atom. The van der Waals surface area contributed by atoms with Crippen LogP contribution in [-0.2, 0) is 9.53 Å². The molecule has 1 amide bonds. The van der Waals surface area contributed by atoms with Crippen LogP contribution in [0.4, 0.5) is 5.69 Å². The first kappa shape index (κ1) is 16.1. The topological polar surface area (TPSA) is 53.9 Å². The predicted molar refractivity (Wildman–Crippen MR) is 95.8 cm³/mol. The zero-order valence-electron chi connectivity index (χ0n) is 13.4. The number of ether oxygens (including phenoxy) is 1. The third-order valence-electron chi connectivity index (χ3n) is 3.82. The van der Waals surface area contributed by atoms with Gasteiger partial charge >= 0.3 is 0 Å². The average Bonchev–Trinajstić information content (AvgIpc) is 3.16. The van der Waals surface area contributed by atoms with Gasteiger partial charge in [-0.3, -0.25) is 9.79 Å². The molecule has 5 nitrogen and oxygen atoms in total. The maximum atomic E-state index is 12.0. The predicted octanol–water partition coefficient (Wildman–Crippen LogP) is 2.49. The van der Waals surface area contributed by atoms with Crippen molar-refractivity contribution >= 4 is 34.6 Å². The molecule has 0 unspecified atom stereocenters. The van der Waals surface area contributed by atoms with E-state index in [4.69, 9.17) is 4.74 Å². The number of benzene rings is 1. The number of hydrogen-bond donors (Lipinski definition) is 1. The van der Waals surface area contributed by atoms with E-state index >= 15 is 0 Å². The minimum Gasteiger partial charge on any atom is -0.378 e. The summed E-state index contributed by atoms with van der Waals surface area (Å²) in [5.74, 6) is -0.0854. The van der Waals surface area contributed by atoms with Gasteiger partial charge in [0.1, 0.15) is 0 Å². The molecule has 0 aliphatic carbocycles. The number of nitrogens with one attached hydrogen (secondary N) is 1. The van der Waals surface area contributed by atoms with Gasteiger partial charge in [-0.05, 0) is 48.4 Å². The fourth-order valence-corrected chi connectivity index (χ4v) is 3.32. The lowest BCUT2D eigenvalue weighted by molar-refractivity contribution is -0.115. The molecule has 122 valence electrons. The van der Waals surface area contributed by atoms with Crippen molar-refractivity contribution in [1.29, 1.82) is 0 Å². The number of anilines is 1. The fraction of sp³-hybridized carbons (Fsp3) is 0.412. The van der Waals surface area contributed by atoms with E-state index in [2.05, 4.69) is 10.3 Å². The Morgan fingerprint density at radius 1 is 1.39 bits per heavy atom. The molecule has 1 N–H and O–H groups in total. The quantitative estimate of drug-likeness (QED) is 0.861. The van der Waals surface area contributed by atoms with E-state index in [1.165, 1.54) is 11.8 Å². The molecule has 0 saturated carbocycles. The third-order valence-corrected chi connectivity index (χ3v) is 4.77. The van der Waals surface area contributed by atoms with Crippen molar-refractivity contribution < 1.29 is 9.53 Å². The second-order valence-electron chi connectivity index (χ2n) is 5.83. The molecule has 2 saturated heterocycles. The summed E-state index contributed by atoms with van der Waals surface area (Å²) in [4.78, 5) is 19.2. The first-order valence-corrected chi connectivity index (χ1v) is 8.58. The lowest BCUT2D eigenvalue weighted by atomic mass is 10.2. The molecule has 2 fully saturated rings. The van der Waals surface area contributed by atoms with E-state index in [0.29, 0.717) is 16.6 Å². The highest BCUT2D eigenvalue weighted by Crippen LogP contribution is 2.27. The lowest BCUT2D eigenvalue weighted by Crippen LogP contribution is -2.21. The first-order chi connectivity index (χ1) is 11.1. The number of carbonyl (C=O) groups excluding carboxylic acids is 1. The Morgan fingerprint density at radius 2 is 2.17 bits per heavy atom. The van der Waals surface area contributed by atoms with E-state index in [0.717, 1.165) is 30.7 Å². The maximum absolute atomic E-state index is 12.0. The Labute approximate surface area is 140 Å². The third kappa shape index (κ3) is 4.14. The molecular weight excluding hydrogens is 310 g/mol. The van der Waals surface area contributed by atoms with Gasteiger partial charge in [0.15, 0.2) is 5.17 Å². The van der Waals surface area contributed by atoms with Crippen LogP contribution in [0.3, 0.4) is 0 Å². The van der Waals surface area contributed by atoms with Crippen molar-refractivity contribution in [3.05, 3.63) is 34.7 Å². The molecule has 0 bridgehead atoms. The number of carbonyl (C=O) groups is 1. The van der Waals surface area contributed by atoms with Crippen molar-refractivity contribution in [1.82, 2.24) is 5.32 Å². The summed E-state index contributed by atoms with van der Waals surface area (Å²) in [5, 5.41) is 3.49. The number of hydrogen-bond acceptors (Lipinski definition) is 5. The highest BCUT2D eigenvalue weighted by atomic mass is 32.2. The van der Waals surface area contributed by atoms with Crippen LogP contribution in [0.5, 0.6) is 0 Å². The van der Waals surface area contributed by atoms with Gasteiger partial charge in [-0.2, -0.15) is 0 Å². The van der Waals surface area contributed by atoms with E-state index in [9.17, 15) is 4.79 Å². The van der Waals surface area contributed by atoms with Gasteiger partial charge in [-0.15, -0.1) is 0 Å². The summed E-state index contributed by atoms with van der Waals surface area (Å²) in [6, 6.07) is 8.10. The van der Waals surface area contributed by atoms with Gasteiger partial charge in [0.25, 0.3) is 5.91 Å². The van der Waals surface area contributed by atoms with Crippen LogP contribution in [0.2, 0.25) is 0 Å². The highest BCUT2D eigenvalue weighted by Gasteiger charge is 2.24. The molecule has 1 aromatic rings. The van der Waals surface area contributed by atoms with Gasteiger partial charge in [0.2, 0.25) is 0 Å². The van der Waals surface area contributed by atoms with Crippen LogP contribution in [0.15, 0.2) is 34.2 Å². The SMILES string of the molecule is CN(C)c1ccc(/C=C2\SC(=NC[C@@H]3CCCO3)NC2=O)cc1. The Balaban J connectivity index is 1.65. The summed E-state index contributed by atoms with van der Waals surface area (Å²) >= 11 is 1.39. The summed E-state index contributed by atoms with van der Waals surface area (Å²) < 4.78 is 5.54. The monoisotopic (exact) mass is 331 g/mol. The summed E-state index contributed by atoms with van der Waals surface area (Å²) in [6.45, 7) is 1.44. The van der Waals surface area contributed by atoms with Gasteiger partial charge in [-0.1, -0.05) is 12.1 Å². The normalized spacial score (nSPS) is 24.4. The molecule has 6 heteroatoms. The van der Waals surface area contributed by atoms with E-state index in [1.54, 1.807) is 0 Å². The van der Waals surface area contributed by atoms with Crippen molar-refractivity contribution in [2.75, 3.05) is 32.1 Å². The standard InChI is InChI=1S/C17H21N3O2S/c1-20(2)13-7-5-12(6-8-13)10-15-16(21)19-17(23-15)18-11-14-4-3-9-22-14/h5-8,10,14H,3-4,9,11H2,1-2H3,(H,18,19,21)/b15-10-/t14-/m0/s1. The molecule has 1 aromatic carbocycles. The number of rotatable bonds is 4. The Hall–Kier alpha value is -1.79. The summed E-state index contributed by atoms with van der Waals surface area (Å²) in [6.07, 6.45) is 4.25. The van der Waals surface area contributed by atoms with Crippen LogP contribution in [0.1, 0.15) is 18.4 Å². The number of nitrogens with zero attached hydrogens (tertiary/aromatic N) is 2. The van der Waals surface area contributed by atoms with Crippen LogP contribution >= 0.6 is 11.8 Å². The zero-order valence-corrected chi connectivity index (χ0v) is 14.2. The Kier molecular flexibility index (Phi) is 5.03. The average molecular weight is 331 g/mol. The van der Waals surface area contributed by atoms with Crippen molar-refractivity contribution in [2.24, 2.45) is 4.99 Å². The minimum absolute atomic E-state index is 0.0854. The smallest absolute Gasteiger partial charge is 0.264 e. The fourth-order valence-electron chi connectivity index (χ4n) is 2.49. The van der Waals surface area contributed by atoms with E-state index in [-0.39, 0.29) is 12.0 Å². The van der Waals surface area contributed by atoms with Gasteiger partial charge in [0.05, 0.1) is 17.6 Å². The number of amides is 1. The molecule has 2 aliphatic rings. The number of amidine groups is 1. The van der Waals surface area contributed by atoms with Crippen LogP contribution in [0, 0.1) is 0 Å². The maximum Gasteiger partial charge on any atom is 0.264 e. The van der Waals surface area contributed by atoms with Crippen LogP contribution in [-0.4, -0.2) is 44.4 Å². The molecule has 2 aliphatic heterocycles. The van der Waals surface area contributed by atoms with E-state index < -0.39 is 0 Å². The van der Waals surface area contributed by atoms with Crippen molar-refractivity contribution in [2.45, 2.75) is 18.9 Å². The Bertz CT molecular complexity index is 632.